The quantitative estimate of drug-likeness (QED) is 0.649. The molecule has 2 bridgehead atoms. The van der Waals surface area contributed by atoms with Crippen LogP contribution in [0.3, 0.4) is 0 Å². The van der Waals surface area contributed by atoms with Gasteiger partial charge in [-0.25, -0.2) is 4.90 Å². The van der Waals surface area contributed by atoms with Crippen LogP contribution in [0.25, 0.3) is 0 Å². The van der Waals surface area contributed by atoms with Crippen molar-refractivity contribution < 1.29 is 19.5 Å². The van der Waals surface area contributed by atoms with E-state index in [1.807, 2.05) is 55.5 Å². The third kappa shape index (κ3) is 2.06. The first-order chi connectivity index (χ1) is 15.5. The summed E-state index contributed by atoms with van der Waals surface area (Å²) >= 11 is 0. The molecule has 3 aromatic rings. The maximum atomic E-state index is 13.9. The van der Waals surface area contributed by atoms with E-state index in [0.29, 0.717) is 16.8 Å². The van der Waals surface area contributed by atoms with E-state index in [1.54, 1.807) is 24.3 Å². The highest BCUT2D eigenvalue weighted by Gasteiger charge is 2.71. The monoisotopic (exact) mass is 423 g/mol. The number of amides is 2. The van der Waals surface area contributed by atoms with Crippen molar-refractivity contribution in [1.82, 2.24) is 0 Å². The van der Waals surface area contributed by atoms with E-state index < -0.39 is 29.1 Å². The van der Waals surface area contributed by atoms with Crippen molar-refractivity contribution in [3.05, 3.63) is 101 Å². The molecule has 1 saturated heterocycles. The molecule has 0 aromatic heterocycles. The summed E-state index contributed by atoms with van der Waals surface area (Å²) in [4.78, 5) is 42.0. The van der Waals surface area contributed by atoms with Gasteiger partial charge in [0.05, 0.1) is 17.5 Å². The number of carboxylic acid groups (broad SMARTS) is 1. The molecule has 2 amide bonds. The highest BCUT2D eigenvalue weighted by molar-refractivity contribution is 6.25. The van der Waals surface area contributed by atoms with Crippen LogP contribution in [0.4, 0.5) is 5.69 Å². The first-order valence-electron chi connectivity index (χ1n) is 10.9. The SMILES string of the molecule is CCc1ccc(N2C(=O)C3[C@H](C2=O)C2c4ccccc4C3(C(=O)O)c3ccccc32)cc1. The third-order valence-corrected chi connectivity index (χ3v) is 7.56. The minimum Gasteiger partial charge on any atom is -0.480 e. The van der Waals surface area contributed by atoms with Gasteiger partial charge in [0.1, 0.15) is 5.41 Å². The largest absolute Gasteiger partial charge is 0.480 e. The Bertz CT molecular complexity index is 1260. The minimum absolute atomic E-state index is 0.316. The molecule has 0 radical (unpaired) electrons. The third-order valence-electron chi connectivity index (χ3n) is 7.56. The first-order valence-corrected chi connectivity index (χ1v) is 10.9. The van der Waals surface area contributed by atoms with E-state index in [-0.39, 0.29) is 11.8 Å². The van der Waals surface area contributed by atoms with E-state index in [0.717, 1.165) is 23.1 Å². The molecule has 3 aliphatic carbocycles. The second kappa shape index (κ2) is 6.39. The summed E-state index contributed by atoms with van der Waals surface area (Å²) in [7, 11) is 0. The van der Waals surface area contributed by atoms with Crippen LogP contribution in [0.2, 0.25) is 0 Å². The molecule has 0 spiro atoms. The Labute approximate surface area is 185 Å². The molecule has 3 aromatic carbocycles. The second-order valence-electron chi connectivity index (χ2n) is 8.80. The van der Waals surface area contributed by atoms with E-state index in [1.165, 1.54) is 4.90 Å². The lowest BCUT2D eigenvalue weighted by molar-refractivity contribution is -0.149. The van der Waals surface area contributed by atoms with Gasteiger partial charge in [-0.05, 0) is 46.4 Å². The van der Waals surface area contributed by atoms with Gasteiger partial charge in [0, 0.05) is 5.92 Å². The summed E-state index contributed by atoms with van der Waals surface area (Å²) in [5.41, 5.74) is 2.94. The zero-order chi connectivity index (χ0) is 22.2. The number of benzene rings is 3. The molecule has 5 heteroatoms. The Morgan fingerprint density at radius 3 is 1.97 bits per heavy atom. The summed E-state index contributed by atoms with van der Waals surface area (Å²) < 4.78 is 0. The Morgan fingerprint density at radius 1 is 0.875 bits per heavy atom. The van der Waals surface area contributed by atoms with Gasteiger partial charge in [-0.15, -0.1) is 0 Å². The van der Waals surface area contributed by atoms with Crippen LogP contribution < -0.4 is 4.90 Å². The molecule has 158 valence electrons. The molecule has 1 unspecified atom stereocenters. The molecular formula is C27H21NO4. The maximum Gasteiger partial charge on any atom is 0.319 e. The highest BCUT2D eigenvalue weighted by Crippen LogP contribution is 2.64. The molecule has 1 aliphatic heterocycles. The van der Waals surface area contributed by atoms with Crippen molar-refractivity contribution in [2.45, 2.75) is 24.7 Å². The number of anilines is 1. The first kappa shape index (κ1) is 19.0. The van der Waals surface area contributed by atoms with Gasteiger partial charge in [0.15, 0.2) is 0 Å². The molecular weight excluding hydrogens is 402 g/mol. The lowest BCUT2D eigenvalue weighted by Crippen LogP contribution is -2.57. The Balaban J connectivity index is 1.63. The Hall–Kier alpha value is -3.73. The molecule has 0 saturated carbocycles. The fraction of sp³-hybridized carbons (Fsp3) is 0.222. The van der Waals surface area contributed by atoms with Crippen molar-refractivity contribution in [3.63, 3.8) is 0 Å². The van der Waals surface area contributed by atoms with Crippen LogP contribution in [0.15, 0.2) is 72.8 Å². The average molecular weight is 423 g/mol. The zero-order valence-electron chi connectivity index (χ0n) is 17.5. The second-order valence-corrected chi connectivity index (χ2v) is 8.80. The standard InChI is InChI=1S/C27H21NO4/c1-2-15-11-13-16(14-12-15)28-24(29)22-21-17-7-3-5-9-19(17)27(26(31)32,23(22)25(28)30)20-10-6-4-8-18(20)21/h3-14,21-23H,2H2,1H3,(H,31,32)/t21?,22-,23?,27?/m1/s1. The summed E-state index contributed by atoms with van der Waals surface area (Å²) in [6.45, 7) is 2.04. The van der Waals surface area contributed by atoms with Gasteiger partial charge < -0.3 is 5.11 Å². The summed E-state index contributed by atoms with van der Waals surface area (Å²) in [6.07, 6.45) is 0.849. The van der Waals surface area contributed by atoms with Crippen molar-refractivity contribution in [2.75, 3.05) is 4.90 Å². The number of rotatable bonds is 3. The number of carboxylic acids is 1. The number of aliphatic carboxylic acids is 1. The topological polar surface area (TPSA) is 74.7 Å². The Kier molecular flexibility index (Phi) is 3.79. The van der Waals surface area contributed by atoms with Crippen LogP contribution in [0.5, 0.6) is 0 Å². The summed E-state index contributed by atoms with van der Waals surface area (Å²) in [5.74, 6) is -3.90. The van der Waals surface area contributed by atoms with Crippen LogP contribution in [0, 0.1) is 11.8 Å². The number of imide groups is 1. The van der Waals surface area contributed by atoms with E-state index >= 15 is 0 Å². The lowest BCUT2D eigenvalue weighted by Gasteiger charge is -2.51. The average Bonchev–Trinajstić information content (AvgIpc) is 3.09. The molecule has 1 N–H and O–H groups in total. The molecule has 7 rings (SSSR count). The highest BCUT2D eigenvalue weighted by atomic mass is 16.4. The number of nitrogens with zero attached hydrogens (tertiary/aromatic N) is 1. The normalized spacial score (nSPS) is 27.2. The fourth-order valence-electron chi connectivity index (χ4n) is 6.27. The van der Waals surface area contributed by atoms with Crippen molar-refractivity contribution in [1.29, 1.82) is 0 Å². The summed E-state index contributed by atoms with van der Waals surface area (Å²) in [6, 6.07) is 22.1. The summed E-state index contributed by atoms with van der Waals surface area (Å²) in [5, 5.41) is 10.7. The molecule has 2 atom stereocenters. The lowest BCUT2D eigenvalue weighted by atomic mass is 9.47. The van der Waals surface area contributed by atoms with E-state index in [9.17, 15) is 19.5 Å². The number of hydrogen-bond donors (Lipinski definition) is 1. The van der Waals surface area contributed by atoms with Gasteiger partial charge >= 0.3 is 5.97 Å². The molecule has 1 fully saturated rings. The molecule has 5 nitrogen and oxygen atoms in total. The van der Waals surface area contributed by atoms with Crippen LogP contribution in [-0.4, -0.2) is 22.9 Å². The number of aryl methyl sites for hydroxylation is 1. The maximum absolute atomic E-state index is 13.9. The predicted octanol–water partition coefficient (Wildman–Crippen LogP) is 3.88. The van der Waals surface area contributed by atoms with Gasteiger partial charge in [0.2, 0.25) is 11.8 Å². The smallest absolute Gasteiger partial charge is 0.319 e. The van der Waals surface area contributed by atoms with E-state index in [2.05, 4.69) is 0 Å². The molecule has 32 heavy (non-hydrogen) atoms. The molecule has 1 heterocycles. The number of carbonyl (C=O) groups excluding carboxylic acids is 2. The number of carbonyl (C=O) groups is 3. The fourth-order valence-corrected chi connectivity index (χ4v) is 6.27. The van der Waals surface area contributed by atoms with Gasteiger partial charge in [-0.1, -0.05) is 67.6 Å². The van der Waals surface area contributed by atoms with Crippen LogP contribution >= 0.6 is 0 Å². The van der Waals surface area contributed by atoms with Crippen molar-refractivity contribution in [3.8, 4) is 0 Å². The number of hydrogen-bond acceptors (Lipinski definition) is 3. The Morgan fingerprint density at radius 2 is 1.44 bits per heavy atom. The predicted molar refractivity (Wildman–Crippen MR) is 118 cm³/mol. The van der Waals surface area contributed by atoms with Crippen LogP contribution in [0.1, 0.15) is 40.7 Å². The van der Waals surface area contributed by atoms with Gasteiger partial charge in [-0.3, -0.25) is 14.4 Å². The van der Waals surface area contributed by atoms with Crippen molar-refractivity contribution in [2.24, 2.45) is 11.8 Å². The van der Waals surface area contributed by atoms with Crippen molar-refractivity contribution >= 4 is 23.5 Å². The van der Waals surface area contributed by atoms with Crippen LogP contribution in [-0.2, 0) is 26.2 Å². The van der Waals surface area contributed by atoms with Gasteiger partial charge in [0.25, 0.3) is 0 Å². The minimum atomic E-state index is -1.59. The van der Waals surface area contributed by atoms with Gasteiger partial charge in [-0.2, -0.15) is 0 Å². The zero-order valence-corrected chi connectivity index (χ0v) is 17.5. The van der Waals surface area contributed by atoms with E-state index in [4.69, 9.17) is 0 Å². The molecule has 4 aliphatic rings.